The molecule has 1 aliphatic rings. The Balaban J connectivity index is 1.47. The molecule has 3 heterocycles. The molecule has 3 N–H and O–H groups in total. The molecule has 1 atom stereocenters. The van der Waals surface area contributed by atoms with Crippen molar-refractivity contribution in [2.24, 2.45) is 0 Å². The van der Waals surface area contributed by atoms with Crippen LogP contribution in [0.1, 0.15) is 54.2 Å². The normalized spacial score (nSPS) is 16.1. The maximum Gasteiger partial charge on any atom is 0.287 e. The summed E-state index contributed by atoms with van der Waals surface area (Å²) in [7, 11) is 0. The molecule has 0 unspecified atom stereocenters. The van der Waals surface area contributed by atoms with E-state index in [1.165, 1.54) is 25.3 Å². The number of hydrogen-bond donors (Lipinski definition) is 3. The van der Waals surface area contributed by atoms with Crippen molar-refractivity contribution in [3.63, 3.8) is 0 Å². The van der Waals surface area contributed by atoms with Gasteiger partial charge in [-0.25, -0.2) is 4.98 Å². The third-order valence-corrected chi connectivity index (χ3v) is 4.77. The van der Waals surface area contributed by atoms with E-state index in [1.807, 2.05) is 6.07 Å². The zero-order chi connectivity index (χ0) is 19.2. The molecule has 1 saturated heterocycles. The fourth-order valence-corrected chi connectivity index (χ4v) is 3.29. The Morgan fingerprint density at radius 3 is 2.81 bits per heavy atom. The highest BCUT2D eigenvalue weighted by molar-refractivity contribution is 5.91. The van der Waals surface area contributed by atoms with Gasteiger partial charge in [0.15, 0.2) is 5.76 Å². The topological polar surface area (TPSA) is 103 Å². The summed E-state index contributed by atoms with van der Waals surface area (Å²) in [5.41, 5.74) is 0.427. The molecule has 146 valence electrons. The Morgan fingerprint density at radius 1 is 1.30 bits per heavy atom. The standard InChI is InChI=1S/C19H27N5O3/c1-13-12-17(25)23-19(22-13)21-9-8-20-18(26)16-7-6-15(27-16)14(2)24-10-4-3-5-11-24/h6-7,12,14H,3-5,8-11H2,1-2H3,(H,20,26)(H2,21,22,23,25)/t14-/m1/s1. The fraction of sp³-hybridized carbons (Fsp3) is 0.526. The zero-order valence-corrected chi connectivity index (χ0v) is 15.9. The highest BCUT2D eigenvalue weighted by Gasteiger charge is 2.22. The average Bonchev–Trinajstić information content (AvgIpc) is 3.15. The summed E-state index contributed by atoms with van der Waals surface area (Å²) >= 11 is 0. The number of H-pyrrole nitrogens is 1. The highest BCUT2D eigenvalue weighted by Crippen LogP contribution is 2.25. The van der Waals surface area contributed by atoms with Gasteiger partial charge in [0.2, 0.25) is 5.95 Å². The quantitative estimate of drug-likeness (QED) is 0.642. The number of amides is 1. The van der Waals surface area contributed by atoms with Crippen LogP contribution in [0.2, 0.25) is 0 Å². The summed E-state index contributed by atoms with van der Waals surface area (Å²) in [6.45, 7) is 6.84. The van der Waals surface area contributed by atoms with Crippen LogP contribution >= 0.6 is 0 Å². The maximum atomic E-state index is 12.3. The first kappa shape index (κ1) is 19.2. The molecule has 0 saturated carbocycles. The number of likely N-dealkylation sites (tertiary alicyclic amines) is 1. The molecular formula is C19H27N5O3. The molecule has 8 heteroatoms. The third kappa shape index (κ3) is 5.19. The van der Waals surface area contributed by atoms with Crippen LogP contribution in [-0.4, -0.2) is 47.0 Å². The van der Waals surface area contributed by atoms with Crippen LogP contribution in [0.5, 0.6) is 0 Å². The first-order valence-corrected chi connectivity index (χ1v) is 9.47. The van der Waals surface area contributed by atoms with Gasteiger partial charge in [-0.05, 0) is 51.9 Å². The molecule has 0 aliphatic carbocycles. The van der Waals surface area contributed by atoms with Gasteiger partial charge in [-0.1, -0.05) is 6.42 Å². The van der Waals surface area contributed by atoms with E-state index in [9.17, 15) is 9.59 Å². The van der Waals surface area contributed by atoms with Crippen molar-refractivity contribution in [3.8, 4) is 0 Å². The summed E-state index contributed by atoms with van der Waals surface area (Å²) in [6, 6.07) is 5.20. The highest BCUT2D eigenvalue weighted by atomic mass is 16.4. The molecule has 3 rings (SSSR count). The van der Waals surface area contributed by atoms with Crippen molar-refractivity contribution in [1.29, 1.82) is 0 Å². The van der Waals surface area contributed by atoms with Gasteiger partial charge in [0.05, 0.1) is 6.04 Å². The fourth-order valence-electron chi connectivity index (χ4n) is 3.29. The number of furan rings is 1. The lowest BCUT2D eigenvalue weighted by atomic mass is 10.1. The Kier molecular flexibility index (Phi) is 6.28. The van der Waals surface area contributed by atoms with Crippen LogP contribution in [0, 0.1) is 6.92 Å². The largest absolute Gasteiger partial charge is 0.454 e. The van der Waals surface area contributed by atoms with Gasteiger partial charge < -0.3 is 15.1 Å². The number of nitrogens with one attached hydrogen (secondary N) is 3. The third-order valence-electron chi connectivity index (χ3n) is 4.77. The molecular weight excluding hydrogens is 346 g/mol. The number of carbonyl (C=O) groups is 1. The first-order valence-electron chi connectivity index (χ1n) is 9.47. The molecule has 0 radical (unpaired) electrons. The summed E-state index contributed by atoms with van der Waals surface area (Å²) in [4.78, 5) is 32.8. The van der Waals surface area contributed by atoms with Crippen molar-refractivity contribution in [1.82, 2.24) is 20.2 Å². The average molecular weight is 373 g/mol. The molecule has 27 heavy (non-hydrogen) atoms. The van der Waals surface area contributed by atoms with E-state index < -0.39 is 0 Å². The number of piperidine rings is 1. The predicted molar refractivity (Wildman–Crippen MR) is 103 cm³/mol. The van der Waals surface area contributed by atoms with E-state index in [0.717, 1.165) is 18.8 Å². The minimum atomic E-state index is -0.250. The monoisotopic (exact) mass is 373 g/mol. The van der Waals surface area contributed by atoms with E-state index in [0.29, 0.717) is 30.5 Å². The Labute approximate surface area is 158 Å². The number of aromatic amines is 1. The van der Waals surface area contributed by atoms with Crippen molar-refractivity contribution < 1.29 is 9.21 Å². The summed E-state index contributed by atoms with van der Waals surface area (Å²) in [5, 5.41) is 5.78. The lowest BCUT2D eigenvalue weighted by Crippen LogP contribution is -2.32. The number of hydrogen-bond acceptors (Lipinski definition) is 6. The maximum absolute atomic E-state index is 12.3. The molecule has 8 nitrogen and oxygen atoms in total. The lowest BCUT2D eigenvalue weighted by molar-refractivity contribution is 0.0918. The van der Waals surface area contributed by atoms with E-state index >= 15 is 0 Å². The van der Waals surface area contributed by atoms with E-state index in [2.05, 4.69) is 32.4 Å². The molecule has 0 bridgehead atoms. The molecule has 1 amide bonds. The van der Waals surface area contributed by atoms with Gasteiger partial charge in [0, 0.05) is 24.8 Å². The van der Waals surface area contributed by atoms with E-state index in [-0.39, 0.29) is 17.5 Å². The van der Waals surface area contributed by atoms with E-state index in [4.69, 9.17) is 4.42 Å². The SMILES string of the molecule is Cc1cc(=O)[nH]c(NCCNC(=O)c2ccc([C@@H](C)N3CCCCC3)o2)n1. The lowest BCUT2D eigenvalue weighted by Gasteiger charge is -2.31. The van der Waals surface area contributed by atoms with Crippen LogP contribution in [0.3, 0.4) is 0 Å². The molecule has 2 aromatic heterocycles. The van der Waals surface area contributed by atoms with Crippen molar-refractivity contribution in [3.05, 3.63) is 45.8 Å². The molecule has 1 fully saturated rings. The van der Waals surface area contributed by atoms with Gasteiger partial charge in [-0.15, -0.1) is 0 Å². The Hall–Kier alpha value is -2.61. The second-order valence-corrected chi connectivity index (χ2v) is 6.89. The minimum absolute atomic E-state index is 0.178. The molecule has 1 aliphatic heterocycles. The van der Waals surface area contributed by atoms with E-state index in [1.54, 1.807) is 13.0 Å². The number of aryl methyl sites for hydroxylation is 1. The first-order chi connectivity index (χ1) is 13.0. The van der Waals surface area contributed by atoms with Crippen molar-refractivity contribution in [2.75, 3.05) is 31.5 Å². The zero-order valence-electron chi connectivity index (χ0n) is 15.9. The van der Waals surface area contributed by atoms with Crippen LogP contribution < -0.4 is 16.2 Å². The predicted octanol–water partition coefficient (Wildman–Crippen LogP) is 2.06. The van der Waals surface area contributed by atoms with Crippen molar-refractivity contribution >= 4 is 11.9 Å². The van der Waals surface area contributed by atoms with Crippen molar-refractivity contribution in [2.45, 2.75) is 39.2 Å². The summed E-state index contributed by atoms with van der Waals surface area (Å²) < 4.78 is 5.77. The Bertz CT molecular complexity index is 823. The molecule has 2 aromatic rings. The number of aromatic nitrogens is 2. The van der Waals surface area contributed by atoms with Crippen LogP contribution in [0.15, 0.2) is 27.4 Å². The number of anilines is 1. The second kappa shape index (κ2) is 8.85. The summed E-state index contributed by atoms with van der Waals surface area (Å²) in [5.74, 6) is 1.28. The van der Waals surface area contributed by atoms with Gasteiger partial charge in [-0.3, -0.25) is 19.5 Å². The van der Waals surface area contributed by atoms with Gasteiger partial charge in [0.25, 0.3) is 11.5 Å². The van der Waals surface area contributed by atoms with Gasteiger partial charge in [-0.2, -0.15) is 0 Å². The van der Waals surface area contributed by atoms with Crippen LogP contribution in [-0.2, 0) is 0 Å². The van der Waals surface area contributed by atoms with Gasteiger partial charge >= 0.3 is 0 Å². The number of carbonyl (C=O) groups excluding carboxylic acids is 1. The second-order valence-electron chi connectivity index (χ2n) is 6.89. The molecule has 0 spiro atoms. The number of nitrogens with zero attached hydrogens (tertiary/aromatic N) is 2. The van der Waals surface area contributed by atoms with Crippen LogP contribution in [0.4, 0.5) is 5.95 Å². The van der Waals surface area contributed by atoms with Crippen LogP contribution in [0.25, 0.3) is 0 Å². The minimum Gasteiger partial charge on any atom is -0.454 e. The smallest absolute Gasteiger partial charge is 0.287 e. The number of rotatable bonds is 7. The van der Waals surface area contributed by atoms with Gasteiger partial charge in [0.1, 0.15) is 5.76 Å². The molecule has 0 aromatic carbocycles. The summed E-state index contributed by atoms with van der Waals surface area (Å²) in [6.07, 6.45) is 3.72. The Morgan fingerprint density at radius 2 is 2.07 bits per heavy atom.